The van der Waals surface area contributed by atoms with Crippen molar-refractivity contribution in [2.24, 2.45) is 0 Å². The lowest BCUT2D eigenvalue weighted by Gasteiger charge is -2.32. The van der Waals surface area contributed by atoms with E-state index in [1.807, 2.05) is 0 Å². The number of amides is 2. The van der Waals surface area contributed by atoms with Crippen LogP contribution in [-0.4, -0.2) is 40.2 Å². The number of aliphatic hydroxyl groups is 1. The molecule has 5 nitrogen and oxygen atoms in total. The van der Waals surface area contributed by atoms with Gasteiger partial charge in [0.15, 0.2) is 0 Å². The van der Waals surface area contributed by atoms with Gasteiger partial charge in [0.2, 0.25) is 5.91 Å². The molecule has 14 heavy (non-hydrogen) atoms. The Bertz CT molecular complexity index is 265. The first-order chi connectivity index (χ1) is 6.65. The molecule has 1 aliphatic heterocycles. The Morgan fingerprint density at radius 1 is 1.57 bits per heavy atom. The summed E-state index contributed by atoms with van der Waals surface area (Å²) in [6.07, 6.45) is 0.979. The molecule has 1 saturated heterocycles. The van der Waals surface area contributed by atoms with Crippen LogP contribution in [0, 0.1) is 0 Å². The fourth-order valence-electron chi connectivity index (χ4n) is 1.53. The van der Waals surface area contributed by atoms with Gasteiger partial charge in [-0.05, 0) is 12.8 Å². The maximum atomic E-state index is 11.5. The smallest absolute Gasteiger partial charge is 0.279 e. The number of hydrogen-bond acceptors (Lipinski definition) is 4. The van der Waals surface area contributed by atoms with E-state index in [1.54, 1.807) is 0 Å². The molecule has 6 heteroatoms. The molecule has 0 aromatic heterocycles. The van der Waals surface area contributed by atoms with Gasteiger partial charge in [-0.15, -0.1) is 0 Å². The molecule has 3 N–H and O–H groups in total. The zero-order chi connectivity index (χ0) is 10.1. The highest BCUT2D eigenvalue weighted by molar-refractivity contribution is 8.14. The Morgan fingerprint density at radius 2 is 2.29 bits per heavy atom. The minimum Gasteiger partial charge on any atom is -0.393 e. The van der Waals surface area contributed by atoms with E-state index in [2.05, 4.69) is 10.6 Å². The summed E-state index contributed by atoms with van der Waals surface area (Å²) in [5.41, 5.74) is 0. The second kappa shape index (κ2) is 3.78. The van der Waals surface area contributed by atoms with Crippen molar-refractivity contribution in [1.29, 1.82) is 0 Å². The second-order valence-corrected chi connectivity index (χ2v) is 4.62. The number of carbonyl (C=O) groups excluding carboxylic acids is 2. The van der Waals surface area contributed by atoms with Gasteiger partial charge in [-0.2, -0.15) is 0 Å². The van der Waals surface area contributed by atoms with Gasteiger partial charge in [-0.1, -0.05) is 11.8 Å². The van der Waals surface area contributed by atoms with Crippen LogP contribution in [0.25, 0.3) is 0 Å². The molecule has 1 unspecified atom stereocenters. The highest BCUT2D eigenvalue weighted by Gasteiger charge is 2.33. The van der Waals surface area contributed by atoms with Crippen LogP contribution < -0.4 is 10.6 Å². The first-order valence-corrected chi connectivity index (χ1v) is 5.55. The summed E-state index contributed by atoms with van der Waals surface area (Å²) in [5, 5.41) is 14.2. The van der Waals surface area contributed by atoms with E-state index in [0.29, 0.717) is 18.6 Å². The fourth-order valence-corrected chi connectivity index (χ4v) is 2.31. The van der Waals surface area contributed by atoms with Crippen molar-refractivity contribution in [2.75, 3.05) is 5.75 Å². The number of thioether (sulfide) groups is 1. The highest BCUT2D eigenvalue weighted by Crippen LogP contribution is 2.20. The van der Waals surface area contributed by atoms with E-state index >= 15 is 0 Å². The van der Waals surface area contributed by atoms with Gasteiger partial charge >= 0.3 is 0 Å². The van der Waals surface area contributed by atoms with E-state index < -0.39 is 6.04 Å². The highest BCUT2D eigenvalue weighted by atomic mass is 32.2. The molecule has 2 fully saturated rings. The van der Waals surface area contributed by atoms with Gasteiger partial charge in [0.1, 0.15) is 6.04 Å². The number of nitrogens with one attached hydrogen (secondary N) is 2. The van der Waals surface area contributed by atoms with Gasteiger partial charge in [0.25, 0.3) is 5.24 Å². The van der Waals surface area contributed by atoms with Crippen LogP contribution in [0.2, 0.25) is 0 Å². The Kier molecular flexibility index (Phi) is 2.64. The summed E-state index contributed by atoms with van der Waals surface area (Å²) in [7, 11) is 0. The minimum atomic E-state index is -0.398. The Morgan fingerprint density at radius 3 is 2.79 bits per heavy atom. The SMILES string of the molecule is O=C1NC(C(=O)NC2CC(O)C2)CS1. The van der Waals surface area contributed by atoms with Gasteiger partial charge in [-0.25, -0.2) is 0 Å². The molecule has 0 spiro atoms. The zero-order valence-corrected chi connectivity index (χ0v) is 8.34. The van der Waals surface area contributed by atoms with Gasteiger partial charge < -0.3 is 15.7 Å². The quantitative estimate of drug-likeness (QED) is 0.579. The summed E-state index contributed by atoms with van der Waals surface area (Å²) < 4.78 is 0. The Hall–Kier alpha value is -0.750. The number of carbonyl (C=O) groups is 2. The molecule has 1 saturated carbocycles. The molecule has 2 rings (SSSR count). The molecule has 1 aliphatic carbocycles. The molecule has 0 aromatic carbocycles. The van der Waals surface area contributed by atoms with Crippen molar-refractivity contribution >= 4 is 22.9 Å². The third-order valence-electron chi connectivity index (χ3n) is 2.45. The van der Waals surface area contributed by atoms with Crippen molar-refractivity contribution in [3.05, 3.63) is 0 Å². The molecule has 0 bridgehead atoms. The molecular weight excluding hydrogens is 204 g/mol. The molecule has 1 heterocycles. The van der Waals surface area contributed by atoms with E-state index in [0.717, 1.165) is 11.8 Å². The van der Waals surface area contributed by atoms with Crippen LogP contribution >= 0.6 is 11.8 Å². The first kappa shape index (κ1) is 9.79. The Labute approximate surface area is 85.6 Å². The van der Waals surface area contributed by atoms with Crippen molar-refractivity contribution in [3.63, 3.8) is 0 Å². The van der Waals surface area contributed by atoms with E-state index in [4.69, 9.17) is 5.11 Å². The number of aliphatic hydroxyl groups excluding tert-OH is 1. The van der Waals surface area contributed by atoms with Crippen molar-refractivity contribution in [1.82, 2.24) is 10.6 Å². The van der Waals surface area contributed by atoms with E-state index in [9.17, 15) is 9.59 Å². The van der Waals surface area contributed by atoms with Crippen LogP contribution in [0.5, 0.6) is 0 Å². The zero-order valence-electron chi connectivity index (χ0n) is 7.53. The predicted molar refractivity (Wildman–Crippen MR) is 51.9 cm³/mol. The molecule has 2 amide bonds. The molecule has 0 aromatic rings. The van der Waals surface area contributed by atoms with Crippen LogP contribution in [-0.2, 0) is 4.79 Å². The monoisotopic (exact) mass is 216 g/mol. The fraction of sp³-hybridized carbons (Fsp3) is 0.750. The van der Waals surface area contributed by atoms with Gasteiger partial charge in [0, 0.05) is 11.8 Å². The minimum absolute atomic E-state index is 0.0833. The molecular formula is C8H12N2O3S. The van der Waals surface area contributed by atoms with Crippen LogP contribution in [0.3, 0.4) is 0 Å². The summed E-state index contributed by atoms with van der Waals surface area (Å²) in [5.74, 6) is 0.361. The van der Waals surface area contributed by atoms with Gasteiger partial charge in [-0.3, -0.25) is 9.59 Å². The van der Waals surface area contributed by atoms with Crippen LogP contribution in [0.1, 0.15) is 12.8 Å². The Balaban J connectivity index is 1.76. The third kappa shape index (κ3) is 2.01. The normalized spacial score (nSPS) is 36.1. The van der Waals surface area contributed by atoms with Crippen molar-refractivity contribution in [3.8, 4) is 0 Å². The lowest BCUT2D eigenvalue weighted by molar-refractivity contribution is -0.124. The number of rotatable bonds is 2. The van der Waals surface area contributed by atoms with E-state index in [1.165, 1.54) is 0 Å². The summed E-state index contributed by atoms with van der Waals surface area (Å²) in [4.78, 5) is 22.3. The predicted octanol–water partition coefficient (Wildman–Crippen LogP) is -0.549. The lowest BCUT2D eigenvalue weighted by atomic mass is 9.89. The molecule has 78 valence electrons. The van der Waals surface area contributed by atoms with Crippen molar-refractivity contribution in [2.45, 2.75) is 31.0 Å². The maximum absolute atomic E-state index is 11.5. The third-order valence-corrected chi connectivity index (χ3v) is 3.33. The topological polar surface area (TPSA) is 78.4 Å². The standard InChI is InChI=1S/C8H12N2O3S/c11-5-1-4(2-5)9-7(12)6-3-14-8(13)10-6/h4-6,11H,1-3H2,(H,9,12)(H,10,13). The number of hydrogen-bond donors (Lipinski definition) is 3. The van der Waals surface area contributed by atoms with Crippen LogP contribution in [0.15, 0.2) is 0 Å². The average molecular weight is 216 g/mol. The second-order valence-electron chi connectivity index (χ2n) is 3.63. The first-order valence-electron chi connectivity index (χ1n) is 4.57. The summed E-state index contributed by atoms with van der Waals surface area (Å²) in [6.45, 7) is 0. The van der Waals surface area contributed by atoms with E-state index in [-0.39, 0.29) is 23.3 Å². The lowest BCUT2D eigenvalue weighted by Crippen LogP contribution is -2.52. The largest absolute Gasteiger partial charge is 0.393 e. The molecule has 2 aliphatic rings. The average Bonchev–Trinajstić information content (AvgIpc) is 2.49. The molecule has 1 atom stereocenters. The van der Waals surface area contributed by atoms with Crippen LogP contribution in [0.4, 0.5) is 4.79 Å². The van der Waals surface area contributed by atoms with Crippen molar-refractivity contribution < 1.29 is 14.7 Å². The summed E-state index contributed by atoms with van der Waals surface area (Å²) in [6, 6.07) is -0.315. The maximum Gasteiger partial charge on any atom is 0.279 e. The summed E-state index contributed by atoms with van der Waals surface area (Å²) >= 11 is 1.13. The molecule has 0 radical (unpaired) electrons. The van der Waals surface area contributed by atoms with Gasteiger partial charge in [0.05, 0.1) is 6.10 Å².